The Hall–Kier alpha value is -3.94. The number of nitrogens with zero attached hydrogens (tertiary/aromatic N) is 2. The third kappa shape index (κ3) is 6.31. The number of aliphatic carboxylic acids is 1. The van der Waals surface area contributed by atoms with Gasteiger partial charge in [-0.25, -0.2) is 14.2 Å². The highest BCUT2D eigenvalue weighted by Crippen LogP contribution is 2.25. The first-order chi connectivity index (χ1) is 16.2. The minimum Gasteiger partial charge on any atom is -0.475 e. The van der Waals surface area contributed by atoms with Gasteiger partial charge in [0, 0.05) is 17.8 Å². The van der Waals surface area contributed by atoms with Crippen LogP contribution in [0.15, 0.2) is 85.2 Å². The molecule has 176 valence electrons. The van der Waals surface area contributed by atoms with Gasteiger partial charge in [-0.3, -0.25) is 0 Å². The van der Waals surface area contributed by atoms with Gasteiger partial charge < -0.3 is 9.67 Å². The Kier molecular flexibility index (Phi) is 7.83. The first-order valence-corrected chi connectivity index (χ1v) is 10.4. The van der Waals surface area contributed by atoms with Crippen molar-refractivity contribution < 1.29 is 27.5 Å². The van der Waals surface area contributed by atoms with Crippen LogP contribution in [0.5, 0.6) is 0 Å². The number of carboxylic acids is 1. The van der Waals surface area contributed by atoms with Crippen LogP contribution >= 0.6 is 0 Å². The van der Waals surface area contributed by atoms with E-state index in [2.05, 4.69) is 65.0 Å². The molecule has 3 aromatic carbocycles. The Labute approximate surface area is 194 Å². The van der Waals surface area contributed by atoms with Crippen LogP contribution in [0.2, 0.25) is 0 Å². The Balaban J connectivity index is 0.000000406. The molecule has 0 aliphatic rings. The third-order valence-corrected chi connectivity index (χ3v) is 5.01. The van der Waals surface area contributed by atoms with Crippen molar-refractivity contribution in [3.8, 4) is 22.4 Å². The van der Waals surface area contributed by atoms with Gasteiger partial charge in [-0.05, 0) is 41.3 Å². The minimum atomic E-state index is -5.08. The number of carboxylic acid groups (broad SMARTS) is 1. The fourth-order valence-electron chi connectivity index (χ4n) is 3.47. The zero-order valence-corrected chi connectivity index (χ0v) is 18.3. The Morgan fingerprint density at radius 1 is 0.912 bits per heavy atom. The van der Waals surface area contributed by atoms with Gasteiger partial charge in [-0.2, -0.15) is 13.2 Å². The summed E-state index contributed by atoms with van der Waals surface area (Å²) in [4.78, 5) is 13.5. The van der Waals surface area contributed by atoms with Gasteiger partial charge in [0.2, 0.25) is 0 Å². The number of hydrogen-bond acceptors (Lipinski definition) is 2. The van der Waals surface area contributed by atoms with Gasteiger partial charge in [0.25, 0.3) is 0 Å². The second-order valence-electron chi connectivity index (χ2n) is 7.40. The Morgan fingerprint density at radius 2 is 1.53 bits per heavy atom. The Morgan fingerprint density at radius 3 is 2.15 bits per heavy atom. The lowest BCUT2D eigenvalue weighted by Gasteiger charge is -2.10. The van der Waals surface area contributed by atoms with Crippen molar-refractivity contribution in [2.45, 2.75) is 26.1 Å². The fourth-order valence-corrected chi connectivity index (χ4v) is 3.47. The van der Waals surface area contributed by atoms with Crippen LogP contribution in [-0.2, 0) is 17.8 Å². The lowest BCUT2D eigenvalue weighted by molar-refractivity contribution is -0.192. The summed E-state index contributed by atoms with van der Waals surface area (Å²) >= 11 is 0. The van der Waals surface area contributed by atoms with Gasteiger partial charge in [0.05, 0.1) is 12.0 Å². The van der Waals surface area contributed by atoms with E-state index in [0.29, 0.717) is 0 Å². The molecule has 0 aliphatic heterocycles. The molecule has 34 heavy (non-hydrogen) atoms. The van der Waals surface area contributed by atoms with Crippen molar-refractivity contribution in [2.24, 2.45) is 0 Å². The average Bonchev–Trinajstić information content (AvgIpc) is 3.22. The summed E-state index contributed by atoms with van der Waals surface area (Å²) in [5.41, 5.74) is 6.43. The number of halogens is 4. The number of benzene rings is 3. The molecule has 0 aliphatic carbocycles. The third-order valence-electron chi connectivity index (χ3n) is 5.01. The summed E-state index contributed by atoms with van der Waals surface area (Å²) in [5, 5.41) is 7.12. The molecule has 1 heterocycles. The Bertz CT molecular complexity index is 1250. The summed E-state index contributed by atoms with van der Waals surface area (Å²) in [6.45, 7) is 2.85. The second-order valence-corrected chi connectivity index (χ2v) is 7.40. The summed E-state index contributed by atoms with van der Waals surface area (Å²) < 4.78 is 47.5. The molecular formula is C26H22F4N2O2. The quantitative estimate of drug-likeness (QED) is 0.335. The van der Waals surface area contributed by atoms with E-state index in [0.717, 1.165) is 29.9 Å². The molecule has 0 radical (unpaired) electrons. The summed E-state index contributed by atoms with van der Waals surface area (Å²) in [7, 11) is 0. The van der Waals surface area contributed by atoms with Gasteiger partial charge in [-0.15, -0.1) is 0 Å². The molecule has 0 amide bonds. The number of hydrogen-bond donors (Lipinski definition) is 1. The number of carbonyl (C=O) groups is 1. The van der Waals surface area contributed by atoms with E-state index >= 15 is 0 Å². The number of imidazole rings is 1. The molecule has 0 atom stereocenters. The van der Waals surface area contributed by atoms with E-state index in [-0.39, 0.29) is 5.82 Å². The lowest BCUT2D eigenvalue weighted by Crippen LogP contribution is -2.21. The highest BCUT2D eigenvalue weighted by molar-refractivity contribution is 5.73. The molecule has 0 fully saturated rings. The fraction of sp³-hybridized carbons (Fsp3) is 0.154. The van der Waals surface area contributed by atoms with Crippen molar-refractivity contribution in [1.29, 1.82) is 0 Å². The first-order valence-electron chi connectivity index (χ1n) is 10.4. The first kappa shape index (κ1) is 24.7. The zero-order chi connectivity index (χ0) is 24.7. The maximum absolute atomic E-state index is 13.6. The minimum absolute atomic E-state index is 0.236. The van der Waals surface area contributed by atoms with E-state index in [1.165, 1.54) is 22.8 Å². The van der Waals surface area contributed by atoms with E-state index in [4.69, 9.17) is 9.90 Å². The molecule has 0 saturated carbocycles. The van der Waals surface area contributed by atoms with Crippen LogP contribution < -0.4 is 0 Å². The molecule has 0 unspecified atom stereocenters. The van der Waals surface area contributed by atoms with Crippen LogP contribution in [0.25, 0.3) is 22.4 Å². The topological polar surface area (TPSA) is 55.1 Å². The molecule has 4 aromatic rings. The van der Waals surface area contributed by atoms with Crippen molar-refractivity contribution >= 4 is 5.97 Å². The highest BCUT2D eigenvalue weighted by Gasteiger charge is 2.38. The molecule has 1 N–H and O–H groups in total. The molecule has 8 heteroatoms. The number of rotatable bonds is 5. The monoisotopic (exact) mass is 470 g/mol. The summed E-state index contributed by atoms with van der Waals surface area (Å²) in [5.74, 6) is -2.99. The molecule has 0 spiro atoms. The van der Waals surface area contributed by atoms with Crippen LogP contribution in [0.3, 0.4) is 0 Å². The lowest BCUT2D eigenvalue weighted by atomic mass is 10.0. The predicted octanol–water partition coefficient (Wildman–Crippen LogP) is 6.60. The molecule has 1 aromatic heterocycles. The van der Waals surface area contributed by atoms with Crippen LogP contribution in [0, 0.1) is 5.82 Å². The van der Waals surface area contributed by atoms with Crippen molar-refractivity contribution in [3.05, 3.63) is 102 Å². The van der Waals surface area contributed by atoms with E-state index in [9.17, 15) is 17.6 Å². The maximum Gasteiger partial charge on any atom is 0.490 e. The van der Waals surface area contributed by atoms with Crippen LogP contribution in [-0.4, -0.2) is 26.8 Å². The van der Waals surface area contributed by atoms with Crippen molar-refractivity contribution in [2.75, 3.05) is 0 Å². The molecule has 4 nitrogen and oxygen atoms in total. The standard InChI is InChI=1S/C24H21FN2.C2HF3O2/c1-2-23-24(21-12-7-13-22(25)15-21)26-17-27(23)16-18-8-6-11-20(14-18)19-9-4-3-5-10-19;3-2(4,5)1(6)7/h3-15,17H,2,16H2,1H3;(H,6,7). The van der Waals surface area contributed by atoms with E-state index in [1.807, 2.05) is 18.5 Å². The molecular weight excluding hydrogens is 448 g/mol. The smallest absolute Gasteiger partial charge is 0.475 e. The molecule has 0 bridgehead atoms. The number of aromatic nitrogens is 2. The highest BCUT2D eigenvalue weighted by atomic mass is 19.4. The second kappa shape index (κ2) is 10.8. The van der Waals surface area contributed by atoms with Gasteiger partial charge in [-0.1, -0.05) is 67.6 Å². The van der Waals surface area contributed by atoms with Crippen LogP contribution in [0.4, 0.5) is 17.6 Å². The van der Waals surface area contributed by atoms with Gasteiger partial charge in [0.1, 0.15) is 5.82 Å². The van der Waals surface area contributed by atoms with Gasteiger partial charge in [0.15, 0.2) is 0 Å². The van der Waals surface area contributed by atoms with E-state index < -0.39 is 12.1 Å². The maximum atomic E-state index is 13.6. The van der Waals surface area contributed by atoms with Crippen molar-refractivity contribution in [1.82, 2.24) is 9.55 Å². The zero-order valence-electron chi connectivity index (χ0n) is 18.3. The molecule has 0 saturated heterocycles. The SMILES string of the molecule is CCc1c(-c2cccc(F)c2)ncn1Cc1cccc(-c2ccccc2)c1.O=C(O)C(F)(F)F. The molecule has 4 rings (SSSR count). The normalized spacial score (nSPS) is 11.0. The predicted molar refractivity (Wildman–Crippen MR) is 122 cm³/mol. The largest absolute Gasteiger partial charge is 0.490 e. The summed E-state index contributed by atoms with van der Waals surface area (Å²) in [6, 6.07) is 25.6. The number of alkyl halides is 3. The van der Waals surface area contributed by atoms with E-state index in [1.54, 1.807) is 12.1 Å². The van der Waals surface area contributed by atoms with Gasteiger partial charge >= 0.3 is 12.1 Å². The average molecular weight is 470 g/mol. The van der Waals surface area contributed by atoms with Crippen molar-refractivity contribution in [3.63, 3.8) is 0 Å². The summed E-state index contributed by atoms with van der Waals surface area (Å²) in [6.07, 6.45) is -2.39. The van der Waals surface area contributed by atoms with Crippen LogP contribution in [0.1, 0.15) is 18.2 Å².